The third-order valence-corrected chi connectivity index (χ3v) is 6.78. The van der Waals surface area contributed by atoms with Crippen LogP contribution in [0.25, 0.3) is 22.1 Å². The lowest BCUT2D eigenvalue weighted by Gasteiger charge is -2.30. The Kier molecular flexibility index (Phi) is 6.15. The maximum atomic E-state index is 13.0. The molecule has 1 aromatic heterocycles. The van der Waals surface area contributed by atoms with Crippen molar-refractivity contribution in [3.8, 4) is 23.0 Å². The predicted octanol–water partition coefficient (Wildman–Crippen LogP) is 5.15. The quantitative estimate of drug-likeness (QED) is 0.433. The zero-order valence-corrected chi connectivity index (χ0v) is 19.4. The first-order valence-corrected chi connectivity index (χ1v) is 12.6. The van der Waals surface area contributed by atoms with Crippen LogP contribution in [0.4, 0.5) is 5.69 Å². The van der Waals surface area contributed by atoms with Crippen molar-refractivity contribution in [2.45, 2.75) is 25.7 Å². The van der Waals surface area contributed by atoms with Gasteiger partial charge in [0.15, 0.2) is 5.43 Å². The number of rotatable bonds is 4. The molecule has 1 saturated heterocycles. The lowest BCUT2D eigenvalue weighted by Crippen LogP contribution is -2.39. The molecule has 0 radical (unpaired) electrons. The zero-order valence-electron chi connectivity index (χ0n) is 18.6. The highest BCUT2D eigenvalue weighted by molar-refractivity contribution is 7.99. The average molecular weight is 459 g/mol. The summed E-state index contributed by atoms with van der Waals surface area (Å²) in [6, 6.07) is 13.2. The summed E-state index contributed by atoms with van der Waals surface area (Å²) in [5.74, 6) is 7.52. The molecule has 2 aromatic carbocycles. The zero-order chi connectivity index (χ0) is 22.8. The lowest BCUT2D eigenvalue weighted by atomic mass is 9.96. The Labute approximate surface area is 197 Å². The SMILES string of the molecule is CSNc1ccc(-c2coc3cc(C#CC4CCN(C(=O)C5CC5)CC4)ccc3c2=O)cc1. The normalized spacial score (nSPS) is 16.3. The van der Waals surface area contributed by atoms with Gasteiger partial charge in [0.1, 0.15) is 11.8 Å². The second kappa shape index (κ2) is 9.36. The molecule has 1 aliphatic heterocycles. The van der Waals surface area contributed by atoms with Crippen molar-refractivity contribution in [3.63, 3.8) is 0 Å². The van der Waals surface area contributed by atoms with Crippen molar-refractivity contribution in [2.75, 3.05) is 24.1 Å². The lowest BCUT2D eigenvalue weighted by molar-refractivity contribution is -0.133. The highest BCUT2D eigenvalue weighted by Gasteiger charge is 2.34. The minimum absolute atomic E-state index is 0.0472. The van der Waals surface area contributed by atoms with Gasteiger partial charge < -0.3 is 14.0 Å². The van der Waals surface area contributed by atoms with Crippen molar-refractivity contribution >= 4 is 34.5 Å². The van der Waals surface area contributed by atoms with Crippen LogP contribution in [0.5, 0.6) is 0 Å². The Bertz CT molecular complexity index is 1290. The van der Waals surface area contributed by atoms with Gasteiger partial charge in [0.25, 0.3) is 0 Å². The van der Waals surface area contributed by atoms with Gasteiger partial charge in [0.2, 0.25) is 5.91 Å². The number of benzene rings is 2. The van der Waals surface area contributed by atoms with Crippen LogP contribution < -0.4 is 10.2 Å². The molecule has 168 valence electrons. The number of anilines is 1. The molecular formula is C27H26N2O3S. The first-order valence-electron chi connectivity index (χ1n) is 11.4. The maximum absolute atomic E-state index is 13.0. The third-order valence-electron chi connectivity index (χ3n) is 6.34. The van der Waals surface area contributed by atoms with Gasteiger partial charge in [-0.05, 0) is 61.6 Å². The van der Waals surface area contributed by atoms with Crippen LogP contribution in [0, 0.1) is 23.7 Å². The summed E-state index contributed by atoms with van der Waals surface area (Å²) in [5, 5.41) is 0.552. The van der Waals surface area contributed by atoms with Gasteiger partial charge in [0, 0.05) is 42.4 Å². The van der Waals surface area contributed by atoms with E-state index in [0.29, 0.717) is 28.4 Å². The summed E-state index contributed by atoms with van der Waals surface area (Å²) in [4.78, 5) is 27.3. The minimum atomic E-state index is -0.0472. The van der Waals surface area contributed by atoms with E-state index in [4.69, 9.17) is 4.42 Å². The number of hydrogen-bond acceptors (Lipinski definition) is 5. The molecule has 1 amide bonds. The number of nitrogens with one attached hydrogen (secondary N) is 1. The smallest absolute Gasteiger partial charge is 0.225 e. The van der Waals surface area contributed by atoms with E-state index in [9.17, 15) is 9.59 Å². The van der Waals surface area contributed by atoms with Gasteiger partial charge in [-0.2, -0.15) is 0 Å². The number of piperidine rings is 1. The average Bonchev–Trinajstić information content (AvgIpc) is 3.69. The molecule has 6 heteroatoms. The van der Waals surface area contributed by atoms with E-state index in [0.717, 1.165) is 55.6 Å². The Balaban J connectivity index is 1.30. The molecule has 33 heavy (non-hydrogen) atoms. The first-order chi connectivity index (χ1) is 16.1. The number of nitrogens with zero attached hydrogens (tertiary/aromatic N) is 1. The summed E-state index contributed by atoms with van der Waals surface area (Å²) < 4.78 is 9.00. The van der Waals surface area contributed by atoms with Crippen molar-refractivity contribution in [3.05, 3.63) is 64.5 Å². The van der Waals surface area contributed by atoms with Gasteiger partial charge in [0.05, 0.1) is 10.9 Å². The Morgan fingerprint density at radius 3 is 2.55 bits per heavy atom. The third kappa shape index (κ3) is 4.79. The molecule has 0 unspecified atom stereocenters. The Hall–Kier alpha value is -3.17. The number of likely N-dealkylation sites (tertiary alicyclic amines) is 1. The van der Waals surface area contributed by atoms with Crippen LogP contribution in [0.3, 0.4) is 0 Å². The fraction of sp³-hybridized carbons (Fsp3) is 0.333. The molecule has 5 nitrogen and oxygen atoms in total. The van der Waals surface area contributed by atoms with Crippen molar-refractivity contribution in [1.82, 2.24) is 4.90 Å². The van der Waals surface area contributed by atoms with E-state index in [-0.39, 0.29) is 11.3 Å². The largest absolute Gasteiger partial charge is 0.463 e. The molecule has 0 spiro atoms. The second-order valence-corrected chi connectivity index (χ2v) is 9.33. The fourth-order valence-corrected chi connectivity index (χ4v) is 4.63. The van der Waals surface area contributed by atoms with Crippen molar-refractivity contribution in [1.29, 1.82) is 0 Å². The number of amides is 1. The number of carbonyl (C=O) groups is 1. The van der Waals surface area contributed by atoms with Gasteiger partial charge in [-0.15, -0.1) is 0 Å². The van der Waals surface area contributed by atoms with E-state index >= 15 is 0 Å². The summed E-state index contributed by atoms with van der Waals surface area (Å²) in [5.41, 5.74) is 3.69. The van der Waals surface area contributed by atoms with Gasteiger partial charge in [-0.3, -0.25) is 9.59 Å². The van der Waals surface area contributed by atoms with Crippen LogP contribution in [0.15, 0.2) is 57.9 Å². The molecule has 2 fully saturated rings. The van der Waals surface area contributed by atoms with Crippen LogP contribution in [-0.2, 0) is 4.79 Å². The molecule has 1 N–H and O–H groups in total. The summed E-state index contributed by atoms with van der Waals surface area (Å²) in [6.45, 7) is 1.61. The van der Waals surface area contributed by atoms with E-state index in [2.05, 4.69) is 16.6 Å². The molecule has 1 saturated carbocycles. The molecule has 2 heterocycles. The molecule has 1 aliphatic carbocycles. The van der Waals surface area contributed by atoms with Gasteiger partial charge in [-0.25, -0.2) is 0 Å². The van der Waals surface area contributed by atoms with Crippen molar-refractivity contribution in [2.24, 2.45) is 11.8 Å². The van der Waals surface area contributed by atoms with Gasteiger partial charge >= 0.3 is 0 Å². The van der Waals surface area contributed by atoms with E-state index < -0.39 is 0 Å². The Morgan fingerprint density at radius 2 is 1.85 bits per heavy atom. The number of fused-ring (bicyclic) bond motifs is 1. The molecular weight excluding hydrogens is 432 g/mol. The van der Waals surface area contributed by atoms with E-state index in [1.807, 2.05) is 47.6 Å². The van der Waals surface area contributed by atoms with E-state index in [1.54, 1.807) is 6.07 Å². The maximum Gasteiger partial charge on any atom is 0.225 e. The highest BCUT2D eigenvalue weighted by Crippen LogP contribution is 2.32. The molecule has 3 aromatic rings. The summed E-state index contributed by atoms with van der Waals surface area (Å²) in [7, 11) is 0. The highest BCUT2D eigenvalue weighted by atomic mass is 32.2. The molecule has 2 aliphatic rings. The topological polar surface area (TPSA) is 62.6 Å². The number of carbonyl (C=O) groups excluding carboxylic acids is 1. The van der Waals surface area contributed by atoms with Crippen LogP contribution in [-0.4, -0.2) is 30.2 Å². The van der Waals surface area contributed by atoms with E-state index in [1.165, 1.54) is 18.2 Å². The second-order valence-electron chi connectivity index (χ2n) is 8.72. The van der Waals surface area contributed by atoms with Crippen molar-refractivity contribution < 1.29 is 9.21 Å². The van der Waals surface area contributed by atoms with Gasteiger partial charge in [-0.1, -0.05) is 35.9 Å². The predicted molar refractivity (Wildman–Crippen MR) is 134 cm³/mol. The molecule has 0 bridgehead atoms. The summed E-state index contributed by atoms with van der Waals surface area (Å²) >= 11 is 1.52. The standard InChI is InChI=1S/C27H26N2O3S/c1-33-28-22-9-7-20(8-10-22)24-17-32-25-16-19(4-11-23(25)26(24)30)3-2-18-12-14-29(15-13-18)27(31)21-5-6-21/h4,7-11,16-18,21,28H,5-6,12-15H2,1H3. The first kappa shape index (κ1) is 21.7. The van der Waals surface area contributed by atoms with Crippen LogP contribution in [0.1, 0.15) is 31.2 Å². The minimum Gasteiger partial charge on any atom is -0.463 e. The molecule has 5 rings (SSSR count). The molecule has 0 atom stereocenters. The van der Waals surface area contributed by atoms with Crippen LogP contribution in [0.2, 0.25) is 0 Å². The Morgan fingerprint density at radius 1 is 1.09 bits per heavy atom. The summed E-state index contributed by atoms with van der Waals surface area (Å²) in [6.07, 6.45) is 7.45. The number of hydrogen-bond donors (Lipinski definition) is 1. The monoisotopic (exact) mass is 458 g/mol. The van der Waals surface area contributed by atoms with Crippen LogP contribution >= 0.6 is 11.9 Å². The fourth-order valence-electron chi connectivity index (χ4n) is 4.26.